The van der Waals surface area contributed by atoms with E-state index >= 15 is 0 Å². The van der Waals surface area contributed by atoms with Gasteiger partial charge in [-0.2, -0.15) is 0 Å². The molecule has 1 unspecified atom stereocenters. The van der Waals surface area contributed by atoms with Gasteiger partial charge in [0.2, 0.25) is 0 Å². The van der Waals surface area contributed by atoms with Crippen LogP contribution in [0.4, 0.5) is 0 Å². The Bertz CT molecular complexity index is 223. The summed E-state index contributed by atoms with van der Waals surface area (Å²) in [7, 11) is 0. The molecule has 3 N–H and O–H groups in total. The van der Waals surface area contributed by atoms with Crippen molar-refractivity contribution in [2.75, 3.05) is 13.1 Å². The molecule has 2 heteroatoms. The predicted molar refractivity (Wildman–Crippen MR) is 71.5 cm³/mol. The van der Waals surface area contributed by atoms with Crippen molar-refractivity contribution in [2.45, 2.75) is 57.9 Å². The second-order valence-electron chi connectivity index (χ2n) is 6.01. The second kappa shape index (κ2) is 5.83. The summed E-state index contributed by atoms with van der Waals surface area (Å²) in [6.07, 6.45) is 9.36. The van der Waals surface area contributed by atoms with Gasteiger partial charge in [-0.15, -0.1) is 6.58 Å². The van der Waals surface area contributed by atoms with E-state index in [1.807, 2.05) is 6.08 Å². The highest BCUT2D eigenvalue weighted by atomic mass is 15.0. The lowest BCUT2D eigenvalue weighted by Crippen LogP contribution is -2.51. The highest BCUT2D eigenvalue weighted by molar-refractivity contribution is 4.94. The SMILES string of the molecule is C=CCCNC1(CN)CCCC(C)(C)CC1. The molecule has 94 valence electrons. The first-order valence-electron chi connectivity index (χ1n) is 6.60. The summed E-state index contributed by atoms with van der Waals surface area (Å²) in [6, 6.07) is 0. The first-order valence-corrected chi connectivity index (χ1v) is 6.60. The maximum Gasteiger partial charge on any atom is 0.0304 e. The number of hydrogen-bond acceptors (Lipinski definition) is 2. The highest BCUT2D eigenvalue weighted by Crippen LogP contribution is 2.37. The van der Waals surface area contributed by atoms with Crippen LogP contribution in [0, 0.1) is 5.41 Å². The molecule has 0 spiro atoms. The molecule has 0 heterocycles. The van der Waals surface area contributed by atoms with E-state index in [4.69, 9.17) is 5.73 Å². The Balaban J connectivity index is 2.54. The Hall–Kier alpha value is -0.340. The second-order valence-corrected chi connectivity index (χ2v) is 6.01. The van der Waals surface area contributed by atoms with Crippen molar-refractivity contribution in [3.05, 3.63) is 12.7 Å². The van der Waals surface area contributed by atoms with Crippen LogP contribution in [0.3, 0.4) is 0 Å². The third-order valence-corrected chi connectivity index (χ3v) is 4.03. The van der Waals surface area contributed by atoms with Crippen molar-refractivity contribution in [3.8, 4) is 0 Å². The van der Waals surface area contributed by atoms with Crippen LogP contribution in [-0.4, -0.2) is 18.6 Å². The Morgan fingerprint density at radius 3 is 2.62 bits per heavy atom. The van der Waals surface area contributed by atoms with Crippen LogP contribution in [-0.2, 0) is 0 Å². The molecule has 1 saturated carbocycles. The van der Waals surface area contributed by atoms with Gasteiger partial charge in [0.15, 0.2) is 0 Å². The van der Waals surface area contributed by atoms with E-state index in [-0.39, 0.29) is 5.54 Å². The molecule has 0 amide bonds. The van der Waals surface area contributed by atoms with Crippen molar-refractivity contribution >= 4 is 0 Å². The fourth-order valence-electron chi connectivity index (χ4n) is 2.63. The first-order chi connectivity index (χ1) is 7.54. The van der Waals surface area contributed by atoms with Crippen molar-refractivity contribution < 1.29 is 0 Å². The molecular weight excluding hydrogens is 196 g/mol. The van der Waals surface area contributed by atoms with E-state index in [0.29, 0.717) is 5.41 Å². The van der Waals surface area contributed by atoms with Crippen LogP contribution in [0.1, 0.15) is 52.4 Å². The van der Waals surface area contributed by atoms with Gasteiger partial charge in [0.25, 0.3) is 0 Å². The monoisotopic (exact) mass is 224 g/mol. The summed E-state index contributed by atoms with van der Waals surface area (Å²) >= 11 is 0. The van der Waals surface area contributed by atoms with Crippen LogP contribution >= 0.6 is 0 Å². The van der Waals surface area contributed by atoms with Crippen LogP contribution < -0.4 is 11.1 Å². The van der Waals surface area contributed by atoms with E-state index in [0.717, 1.165) is 19.5 Å². The minimum Gasteiger partial charge on any atom is -0.329 e. The molecule has 0 aromatic heterocycles. The highest BCUT2D eigenvalue weighted by Gasteiger charge is 2.33. The molecule has 16 heavy (non-hydrogen) atoms. The number of rotatable bonds is 5. The zero-order valence-corrected chi connectivity index (χ0v) is 11.0. The smallest absolute Gasteiger partial charge is 0.0304 e. The normalized spacial score (nSPS) is 29.7. The van der Waals surface area contributed by atoms with Gasteiger partial charge in [0, 0.05) is 12.1 Å². The lowest BCUT2D eigenvalue weighted by Gasteiger charge is -2.33. The fraction of sp³-hybridized carbons (Fsp3) is 0.857. The molecule has 1 aliphatic carbocycles. The van der Waals surface area contributed by atoms with Crippen LogP contribution in [0.15, 0.2) is 12.7 Å². The van der Waals surface area contributed by atoms with Gasteiger partial charge < -0.3 is 11.1 Å². The van der Waals surface area contributed by atoms with Gasteiger partial charge in [0.05, 0.1) is 0 Å². The predicted octanol–water partition coefficient (Wildman–Crippen LogP) is 2.84. The van der Waals surface area contributed by atoms with Crippen LogP contribution in [0.5, 0.6) is 0 Å². The molecule has 2 nitrogen and oxygen atoms in total. The van der Waals surface area contributed by atoms with Crippen LogP contribution in [0.25, 0.3) is 0 Å². The summed E-state index contributed by atoms with van der Waals surface area (Å²) in [5.74, 6) is 0. The van der Waals surface area contributed by atoms with E-state index < -0.39 is 0 Å². The molecule has 0 aromatic carbocycles. The van der Waals surface area contributed by atoms with Crippen molar-refractivity contribution in [1.82, 2.24) is 5.32 Å². The molecule has 0 saturated heterocycles. The number of hydrogen-bond donors (Lipinski definition) is 2. The zero-order valence-electron chi connectivity index (χ0n) is 11.0. The number of nitrogens with one attached hydrogen (secondary N) is 1. The Labute approximate surface area is 101 Å². The maximum atomic E-state index is 5.99. The van der Waals surface area contributed by atoms with E-state index in [9.17, 15) is 0 Å². The molecule has 0 aromatic rings. The summed E-state index contributed by atoms with van der Waals surface area (Å²) in [5, 5.41) is 3.67. The minimum absolute atomic E-state index is 0.191. The quantitative estimate of drug-likeness (QED) is 0.428. The summed E-state index contributed by atoms with van der Waals surface area (Å²) in [6.45, 7) is 10.3. The Morgan fingerprint density at radius 2 is 2.00 bits per heavy atom. The van der Waals surface area contributed by atoms with Crippen LogP contribution in [0.2, 0.25) is 0 Å². The summed E-state index contributed by atoms with van der Waals surface area (Å²) in [4.78, 5) is 0. The molecule has 1 fully saturated rings. The van der Waals surface area contributed by atoms with E-state index in [1.165, 1.54) is 32.1 Å². The Morgan fingerprint density at radius 1 is 1.25 bits per heavy atom. The van der Waals surface area contributed by atoms with Gasteiger partial charge in [-0.25, -0.2) is 0 Å². The maximum absolute atomic E-state index is 5.99. The van der Waals surface area contributed by atoms with E-state index in [2.05, 4.69) is 25.7 Å². The third kappa shape index (κ3) is 3.91. The molecule has 1 atom stereocenters. The number of nitrogens with two attached hydrogens (primary N) is 1. The fourth-order valence-corrected chi connectivity index (χ4v) is 2.63. The molecule has 0 bridgehead atoms. The topological polar surface area (TPSA) is 38.0 Å². The molecule has 1 aliphatic rings. The summed E-state index contributed by atoms with van der Waals surface area (Å²) in [5.41, 5.74) is 6.68. The minimum atomic E-state index is 0.191. The van der Waals surface area contributed by atoms with Crippen molar-refractivity contribution in [2.24, 2.45) is 11.1 Å². The standard InChI is InChI=1S/C14H28N2/c1-4-5-11-16-14(12-15)8-6-7-13(2,3)9-10-14/h4,16H,1,5-12,15H2,2-3H3. The average molecular weight is 224 g/mol. The molecular formula is C14H28N2. The van der Waals surface area contributed by atoms with Crippen molar-refractivity contribution in [1.29, 1.82) is 0 Å². The molecule has 0 radical (unpaired) electrons. The van der Waals surface area contributed by atoms with Gasteiger partial charge in [-0.1, -0.05) is 26.3 Å². The lowest BCUT2D eigenvalue weighted by atomic mass is 9.83. The van der Waals surface area contributed by atoms with Crippen molar-refractivity contribution in [3.63, 3.8) is 0 Å². The zero-order chi connectivity index (χ0) is 12.1. The van der Waals surface area contributed by atoms with Gasteiger partial charge in [-0.05, 0) is 44.1 Å². The Kier molecular flexibility index (Phi) is 5.00. The third-order valence-electron chi connectivity index (χ3n) is 4.03. The van der Waals surface area contributed by atoms with E-state index in [1.54, 1.807) is 0 Å². The summed E-state index contributed by atoms with van der Waals surface area (Å²) < 4.78 is 0. The van der Waals surface area contributed by atoms with Gasteiger partial charge >= 0.3 is 0 Å². The lowest BCUT2D eigenvalue weighted by molar-refractivity contribution is 0.268. The van der Waals surface area contributed by atoms with Gasteiger partial charge in [0.1, 0.15) is 0 Å². The molecule has 0 aliphatic heterocycles. The van der Waals surface area contributed by atoms with Gasteiger partial charge in [-0.3, -0.25) is 0 Å². The first kappa shape index (κ1) is 13.7. The average Bonchev–Trinajstić information content (AvgIpc) is 2.39. The largest absolute Gasteiger partial charge is 0.329 e. The molecule has 1 rings (SSSR count).